The molecule has 0 unspecified atom stereocenters. The highest BCUT2D eigenvalue weighted by Gasteiger charge is 2.58. The number of alkyl halides is 8. The Labute approximate surface area is 173 Å². The zero-order valence-corrected chi connectivity index (χ0v) is 15.8. The van der Waals surface area contributed by atoms with Crippen molar-refractivity contribution in [2.75, 3.05) is 5.73 Å². The van der Waals surface area contributed by atoms with Crippen molar-refractivity contribution in [1.82, 2.24) is 15.2 Å². The number of ketones is 1. The minimum absolute atomic E-state index is 0.110. The minimum Gasteiger partial charge on any atom is -0.416 e. The minimum atomic E-state index is -5.34. The molecule has 0 spiro atoms. The predicted octanol–water partition coefficient (Wildman–Crippen LogP) is 4.11. The lowest BCUT2D eigenvalue weighted by molar-refractivity contribution is -0.277. The number of Topliss-reactive ketones (excluding diaryl/α,β-unsaturated/α-hetero) is 1. The number of hydrogen-bond donors (Lipinski definition) is 2. The molecular formula is C17H14F8N4O3. The van der Waals surface area contributed by atoms with E-state index < -0.39 is 96.2 Å². The first-order valence-corrected chi connectivity index (χ1v) is 8.97. The van der Waals surface area contributed by atoms with Crippen LogP contribution < -0.4 is 5.73 Å². The molecule has 7 nitrogen and oxygen atoms in total. The molecule has 1 aliphatic heterocycles. The van der Waals surface area contributed by atoms with E-state index in [1.54, 1.807) is 0 Å². The number of carbonyl (C=O) groups is 1. The maximum Gasteiger partial charge on any atom is 0.426 e. The Bertz CT molecular complexity index is 1030. The number of hydrogen-bond acceptors (Lipinski definition) is 7. The van der Waals surface area contributed by atoms with E-state index in [1.807, 2.05) is 0 Å². The van der Waals surface area contributed by atoms with Gasteiger partial charge in [0.1, 0.15) is 11.5 Å². The molecule has 0 fully saturated rings. The third kappa shape index (κ3) is 4.25. The van der Waals surface area contributed by atoms with Gasteiger partial charge in [0.2, 0.25) is 5.60 Å². The molecule has 1 atom stereocenters. The lowest BCUT2D eigenvalue weighted by Crippen LogP contribution is -2.42. The molecule has 2 aromatic heterocycles. The zero-order chi connectivity index (χ0) is 24.1. The van der Waals surface area contributed by atoms with Crippen molar-refractivity contribution in [3.05, 3.63) is 23.2 Å². The molecule has 3 rings (SSSR count). The topological polar surface area (TPSA) is 115 Å². The van der Waals surface area contributed by atoms with Crippen LogP contribution in [0.25, 0.3) is 11.6 Å². The second-order valence-electron chi connectivity index (χ2n) is 7.19. The molecule has 3 N–H and O–H groups in total. The van der Waals surface area contributed by atoms with E-state index in [0.717, 1.165) is 0 Å². The van der Waals surface area contributed by atoms with Gasteiger partial charge in [-0.05, 0) is 18.9 Å². The van der Waals surface area contributed by atoms with Crippen molar-refractivity contribution in [3.8, 4) is 11.6 Å². The fourth-order valence-electron chi connectivity index (χ4n) is 3.13. The first kappa shape index (κ1) is 23.8. The molecule has 0 radical (unpaired) electrons. The van der Waals surface area contributed by atoms with E-state index in [2.05, 4.69) is 15.2 Å². The number of anilines is 1. The average Bonchev–Trinajstić information content (AvgIpc) is 3.14. The number of pyridine rings is 1. The number of carbonyl (C=O) groups excluding carboxylic acids is 1. The summed E-state index contributed by atoms with van der Waals surface area (Å²) in [6.45, 7) is 0. The number of halogens is 8. The van der Waals surface area contributed by atoms with Crippen LogP contribution in [0.2, 0.25) is 0 Å². The number of nitrogens with two attached hydrogens (primary N) is 1. The Hall–Kier alpha value is -2.84. The van der Waals surface area contributed by atoms with Crippen LogP contribution in [-0.4, -0.2) is 32.2 Å². The summed E-state index contributed by atoms with van der Waals surface area (Å²) in [5, 5.41) is 16.4. The van der Waals surface area contributed by atoms with Gasteiger partial charge in [0.25, 0.3) is 17.7 Å². The second-order valence-corrected chi connectivity index (χ2v) is 7.19. The second kappa shape index (κ2) is 7.64. The molecule has 3 heterocycles. The van der Waals surface area contributed by atoms with Crippen LogP contribution in [0.3, 0.4) is 0 Å². The molecule has 2 aromatic rings. The molecule has 4 bridgehead atoms. The van der Waals surface area contributed by atoms with E-state index in [0.29, 0.717) is 0 Å². The number of fused-ring (bicyclic) bond motifs is 5. The Kier molecular flexibility index (Phi) is 5.68. The van der Waals surface area contributed by atoms with Gasteiger partial charge >= 0.3 is 12.4 Å². The van der Waals surface area contributed by atoms with Crippen molar-refractivity contribution in [2.45, 2.75) is 56.0 Å². The maximum atomic E-state index is 14.7. The van der Waals surface area contributed by atoms with Crippen molar-refractivity contribution >= 4 is 11.5 Å². The molecule has 0 amide bonds. The lowest BCUT2D eigenvalue weighted by atomic mass is 9.93. The van der Waals surface area contributed by atoms with Crippen molar-refractivity contribution < 1.29 is 49.4 Å². The van der Waals surface area contributed by atoms with Gasteiger partial charge in [0, 0.05) is 19.3 Å². The van der Waals surface area contributed by atoms with Gasteiger partial charge in [-0.1, -0.05) is 0 Å². The highest BCUT2D eigenvalue weighted by molar-refractivity contribution is 5.78. The Morgan fingerprint density at radius 2 is 1.72 bits per heavy atom. The number of aromatic nitrogens is 3. The van der Waals surface area contributed by atoms with Gasteiger partial charge < -0.3 is 15.3 Å². The predicted molar refractivity (Wildman–Crippen MR) is 88.9 cm³/mol. The van der Waals surface area contributed by atoms with Crippen LogP contribution in [0.4, 0.5) is 40.8 Å². The number of nitrogens with zero attached hydrogens (tertiary/aromatic N) is 3. The molecular weight excluding hydrogens is 460 g/mol. The molecule has 176 valence electrons. The highest BCUT2D eigenvalue weighted by atomic mass is 19.4. The van der Waals surface area contributed by atoms with Crippen LogP contribution in [0.1, 0.15) is 49.3 Å². The first-order valence-electron chi connectivity index (χ1n) is 8.97. The normalized spacial score (nSPS) is 22.5. The van der Waals surface area contributed by atoms with Gasteiger partial charge in [-0.2, -0.15) is 35.1 Å². The summed E-state index contributed by atoms with van der Waals surface area (Å²) < 4.78 is 115. The number of nitrogen functional groups attached to an aromatic ring is 1. The van der Waals surface area contributed by atoms with Crippen molar-refractivity contribution in [3.63, 3.8) is 0 Å². The molecule has 15 heteroatoms. The van der Waals surface area contributed by atoms with E-state index in [9.17, 15) is 45.0 Å². The van der Waals surface area contributed by atoms with E-state index >= 15 is 0 Å². The van der Waals surface area contributed by atoms with Gasteiger partial charge in [-0.15, -0.1) is 10.2 Å². The molecule has 0 saturated carbocycles. The fraction of sp³-hybridized carbons (Fsp3) is 0.529. The fourth-order valence-corrected chi connectivity index (χ4v) is 3.13. The van der Waals surface area contributed by atoms with E-state index in [1.165, 1.54) is 0 Å². The SMILES string of the molecule is Nc1cc(C(F)(F)F)c2nc1-c1nnc(o1)[C@@](O)(C(F)(F)F)CCCC(=O)CCC2(F)F. The van der Waals surface area contributed by atoms with Crippen LogP contribution in [0.15, 0.2) is 10.5 Å². The highest BCUT2D eigenvalue weighted by Crippen LogP contribution is 2.46. The Morgan fingerprint density at radius 1 is 1.06 bits per heavy atom. The summed E-state index contributed by atoms with van der Waals surface area (Å²) in [4.78, 5) is 15.1. The molecule has 0 aromatic carbocycles. The van der Waals surface area contributed by atoms with Crippen LogP contribution >= 0.6 is 0 Å². The van der Waals surface area contributed by atoms with Crippen LogP contribution in [0, 0.1) is 0 Å². The molecule has 32 heavy (non-hydrogen) atoms. The van der Waals surface area contributed by atoms with Crippen LogP contribution in [0.5, 0.6) is 0 Å². The third-order valence-electron chi connectivity index (χ3n) is 4.87. The summed E-state index contributed by atoms with van der Waals surface area (Å²) >= 11 is 0. The summed E-state index contributed by atoms with van der Waals surface area (Å²) in [7, 11) is 0. The number of aliphatic hydroxyl groups is 1. The monoisotopic (exact) mass is 474 g/mol. The average molecular weight is 474 g/mol. The standard InChI is InChI=1S/C17H14F8N4O3/c18-15(19)5-3-7(30)2-1-4-14(31,17(23,24)25)13-29-28-12(32-13)10-9(26)6-8(11(15)27-10)16(20,21)22/h6,31H,1-5,26H2/t14-/m1/s1. The zero-order valence-electron chi connectivity index (χ0n) is 15.8. The van der Waals surface area contributed by atoms with Crippen molar-refractivity contribution in [1.29, 1.82) is 0 Å². The maximum absolute atomic E-state index is 14.7. The van der Waals surface area contributed by atoms with Gasteiger partial charge in [0.05, 0.1) is 11.3 Å². The lowest BCUT2D eigenvalue weighted by Gasteiger charge is -2.27. The first-order chi connectivity index (χ1) is 14.6. The van der Waals surface area contributed by atoms with Crippen molar-refractivity contribution in [2.24, 2.45) is 0 Å². The smallest absolute Gasteiger partial charge is 0.416 e. The molecule has 0 aliphatic carbocycles. The van der Waals surface area contributed by atoms with Gasteiger partial charge in [-0.25, -0.2) is 4.98 Å². The molecule has 1 aliphatic rings. The summed E-state index contributed by atoms with van der Waals surface area (Å²) in [5.74, 6) is -7.59. The van der Waals surface area contributed by atoms with Crippen LogP contribution in [-0.2, 0) is 22.5 Å². The summed E-state index contributed by atoms with van der Waals surface area (Å²) in [5.41, 5.74) is -3.75. The summed E-state index contributed by atoms with van der Waals surface area (Å²) in [6, 6.07) is 0.110. The van der Waals surface area contributed by atoms with Gasteiger partial charge in [0.15, 0.2) is 5.69 Å². The molecule has 0 saturated heterocycles. The third-order valence-corrected chi connectivity index (χ3v) is 4.87. The van der Waals surface area contributed by atoms with E-state index in [-0.39, 0.29) is 6.07 Å². The van der Waals surface area contributed by atoms with E-state index in [4.69, 9.17) is 10.2 Å². The van der Waals surface area contributed by atoms with Gasteiger partial charge in [-0.3, -0.25) is 4.79 Å². The largest absolute Gasteiger partial charge is 0.426 e. The Balaban J connectivity index is 2.27. The Morgan fingerprint density at radius 3 is 2.31 bits per heavy atom. The summed E-state index contributed by atoms with van der Waals surface area (Å²) in [6.07, 6.45) is -15.3. The number of rotatable bonds is 0. The quantitative estimate of drug-likeness (QED) is 0.553.